The van der Waals surface area contributed by atoms with Crippen LogP contribution < -0.4 is 5.32 Å². The molecule has 1 rings (SSSR count). The highest BCUT2D eigenvalue weighted by Crippen LogP contribution is 2.03. The maximum Gasteiger partial charge on any atom is 0.0558 e. The standard InChI is InChI=1S/C13H22N2O/c1-2-14-8-9-15(10-11-16)12-13-6-4-3-5-7-13/h3-7,14,16H,2,8-12H2,1H3. The van der Waals surface area contributed by atoms with Gasteiger partial charge in [0.25, 0.3) is 0 Å². The van der Waals surface area contributed by atoms with Crippen molar-refractivity contribution in [1.29, 1.82) is 0 Å². The van der Waals surface area contributed by atoms with Gasteiger partial charge in [-0.25, -0.2) is 0 Å². The fourth-order valence-electron chi connectivity index (χ4n) is 1.67. The van der Waals surface area contributed by atoms with Crippen molar-refractivity contribution in [3.05, 3.63) is 35.9 Å². The monoisotopic (exact) mass is 222 g/mol. The first kappa shape index (κ1) is 13.2. The minimum absolute atomic E-state index is 0.221. The highest BCUT2D eigenvalue weighted by Gasteiger charge is 2.04. The summed E-state index contributed by atoms with van der Waals surface area (Å²) < 4.78 is 0. The lowest BCUT2D eigenvalue weighted by molar-refractivity contribution is 0.191. The molecule has 3 nitrogen and oxygen atoms in total. The van der Waals surface area contributed by atoms with Crippen LogP contribution in [0.2, 0.25) is 0 Å². The molecular formula is C13H22N2O. The fourth-order valence-corrected chi connectivity index (χ4v) is 1.67. The second kappa shape index (κ2) is 8.28. The summed E-state index contributed by atoms with van der Waals surface area (Å²) in [7, 11) is 0. The zero-order chi connectivity index (χ0) is 11.6. The van der Waals surface area contributed by atoms with E-state index in [1.807, 2.05) is 6.07 Å². The number of aliphatic hydroxyl groups excluding tert-OH is 1. The number of nitrogens with zero attached hydrogens (tertiary/aromatic N) is 1. The van der Waals surface area contributed by atoms with E-state index >= 15 is 0 Å². The van der Waals surface area contributed by atoms with E-state index < -0.39 is 0 Å². The summed E-state index contributed by atoms with van der Waals surface area (Å²) in [6.07, 6.45) is 0. The number of likely N-dealkylation sites (N-methyl/N-ethyl adjacent to an activating group) is 1. The number of rotatable bonds is 8. The molecule has 0 aliphatic heterocycles. The van der Waals surface area contributed by atoms with Gasteiger partial charge in [0.1, 0.15) is 0 Å². The Morgan fingerprint density at radius 2 is 1.94 bits per heavy atom. The van der Waals surface area contributed by atoms with Gasteiger partial charge in [-0.3, -0.25) is 4.90 Å². The van der Waals surface area contributed by atoms with E-state index in [1.165, 1.54) is 5.56 Å². The number of hydrogen-bond donors (Lipinski definition) is 2. The van der Waals surface area contributed by atoms with E-state index in [2.05, 4.69) is 41.4 Å². The summed E-state index contributed by atoms with van der Waals surface area (Å²) >= 11 is 0. The van der Waals surface area contributed by atoms with Gasteiger partial charge in [0.05, 0.1) is 6.61 Å². The first-order valence-electron chi connectivity index (χ1n) is 5.94. The molecule has 0 spiro atoms. The molecule has 0 atom stereocenters. The predicted octanol–water partition coefficient (Wildman–Crippen LogP) is 1.09. The second-order valence-corrected chi connectivity index (χ2v) is 3.84. The molecule has 16 heavy (non-hydrogen) atoms. The lowest BCUT2D eigenvalue weighted by Gasteiger charge is -2.21. The summed E-state index contributed by atoms with van der Waals surface area (Å²) in [5.41, 5.74) is 1.30. The van der Waals surface area contributed by atoms with E-state index in [-0.39, 0.29) is 6.61 Å². The Morgan fingerprint density at radius 1 is 1.19 bits per heavy atom. The lowest BCUT2D eigenvalue weighted by Crippen LogP contribution is -2.33. The van der Waals surface area contributed by atoms with Crippen molar-refractivity contribution in [2.75, 3.05) is 32.8 Å². The van der Waals surface area contributed by atoms with Crippen LogP contribution in [0.25, 0.3) is 0 Å². The van der Waals surface area contributed by atoms with Crippen molar-refractivity contribution in [3.8, 4) is 0 Å². The summed E-state index contributed by atoms with van der Waals surface area (Å²) in [6, 6.07) is 10.4. The Morgan fingerprint density at radius 3 is 2.56 bits per heavy atom. The molecule has 2 N–H and O–H groups in total. The van der Waals surface area contributed by atoms with E-state index in [0.717, 1.165) is 32.7 Å². The van der Waals surface area contributed by atoms with E-state index in [9.17, 15) is 0 Å². The zero-order valence-corrected chi connectivity index (χ0v) is 10.0. The van der Waals surface area contributed by atoms with Crippen LogP contribution in [0.5, 0.6) is 0 Å². The zero-order valence-electron chi connectivity index (χ0n) is 10.0. The van der Waals surface area contributed by atoms with Crippen molar-refractivity contribution >= 4 is 0 Å². The molecule has 0 aromatic heterocycles. The molecule has 0 saturated carbocycles. The average Bonchev–Trinajstić information content (AvgIpc) is 2.31. The topological polar surface area (TPSA) is 35.5 Å². The van der Waals surface area contributed by atoms with Crippen LogP contribution in [0.1, 0.15) is 12.5 Å². The molecule has 0 bridgehead atoms. The van der Waals surface area contributed by atoms with Crippen LogP contribution in [0.3, 0.4) is 0 Å². The molecule has 0 amide bonds. The quantitative estimate of drug-likeness (QED) is 0.646. The van der Waals surface area contributed by atoms with Crippen molar-refractivity contribution in [1.82, 2.24) is 10.2 Å². The smallest absolute Gasteiger partial charge is 0.0558 e. The third-order valence-electron chi connectivity index (χ3n) is 2.52. The first-order valence-corrected chi connectivity index (χ1v) is 5.94. The highest BCUT2D eigenvalue weighted by molar-refractivity contribution is 5.14. The Labute approximate surface area is 98.1 Å². The van der Waals surface area contributed by atoms with Gasteiger partial charge >= 0.3 is 0 Å². The Kier molecular flexibility index (Phi) is 6.81. The first-order chi connectivity index (χ1) is 7.86. The lowest BCUT2D eigenvalue weighted by atomic mass is 10.2. The Balaban J connectivity index is 2.38. The van der Waals surface area contributed by atoms with Crippen LogP contribution in [0.15, 0.2) is 30.3 Å². The van der Waals surface area contributed by atoms with Gasteiger partial charge in [0, 0.05) is 26.2 Å². The maximum atomic E-state index is 9.01. The van der Waals surface area contributed by atoms with Gasteiger partial charge in [-0.15, -0.1) is 0 Å². The molecule has 0 aliphatic rings. The molecular weight excluding hydrogens is 200 g/mol. The molecule has 1 aromatic carbocycles. The van der Waals surface area contributed by atoms with Gasteiger partial charge < -0.3 is 10.4 Å². The summed E-state index contributed by atoms with van der Waals surface area (Å²) in [5, 5.41) is 12.3. The van der Waals surface area contributed by atoms with Gasteiger partial charge in [0.2, 0.25) is 0 Å². The molecule has 0 aliphatic carbocycles. The van der Waals surface area contributed by atoms with Crippen molar-refractivity contribution < 1.29 is 5.11 Å². The average molecular weight is 222 g/mol. The van der Waals surface area contributed by atoms with Crippen LogP contribution >= 0.6 is 0 Å². The van der Waals surface area contributed by atoms with Crippen LogP contribution in [0.4, 0.5) is 0 Å². The number of aliphatic hydroxyl groups is 1. The van der Waals surface area contributed by atoms with Gasteiger partial charge in [-0.1, -0.05) is 37.3 Å². The molecule has 0 unspecified atom stereocenters. The van der Waals surface area contributed by atoms with Crippen LogP contribution in [0, 0.1) is 0 Å². The molecule has 1 aromatic rings. The van der Waals surface area contributed by atoms with E-state index in [0.29, 0.717) is 0 Å². The number of nitrogens with one attached hydrogen (secondary N) is 1. The molecule has 3 heteroatoms. The summed E-state index contributed by atoms with van der Waals surface area (Å²) in [6.45, 7) is 6.92. The normalized spacial score (nSPS) is 10.9. The maximum absolute atomic E-state index is 9.01. The third-order valence-corrected chi connectivity index (χ3v) is 2.52. The minimum Gasteiger partial charge on any atom is -0.395 e. The second-order valence-electron chi connectivity index (χ2n) is 3.84. The van der Waals surface area contributed by atoms with Gasteiger partial charge in [-0.2, -0.15) is 0 Å². The third kappa shape index (κ3) is 5.26. The minimum atomic E-state index is 0.221. The highest BCUT2D eigenvalue weighted by atomic mass is 16.3. The molecule has 0 saturated heterocycles. The SMILES string of the molecule is CCNCCN(CCO)Cc1ccccc1. The summed E-state index contributed by atoms with van der Waals surface area (Å²) in [4.78, 5) is 2.26. The number of hydrogen-bond acceptors (Lipinski definition) is 3. The molecule has 0 radical (unpaired) electrons. The van der Waals surface area contributed by atoms with Gasteiger partial charge in [-0.05, 0) is 12.1 Å². The van der Waals surface area contributed by atoms with Crippen LogP contribution in [-0.4, -0.2) is 42.8 Å². The molecule has 0 fully saturated rings. The van der Waals surface area contributed by atoms with Gasteiger partial charge in [0.15, 0.2) is 0 Å². The Hall–Kier alpha value is -0.900. The fraction of sp³-hybridized carbons (Fsp3) is 0.538. The van der Waals surface area contributed by atoms with E-state index in [1.54, 1.807) is 0 Å². The van der Waals surface area contributed by atoms with Crippen molar-refractivity contribution in [2.45, 2.75) is 13.5 Å². The number of benzene rings is 1. The largest absolute Gasteiger partial charge is 0.395 e. The Bertz CT molecular complexity index is 264. The molecule has 0 heterocycles. The van der Waals surface area contributed by atoms with E-state index in [4.69, 9.17) is 5.11 Å². The summed E-state index contributed by atoms with van der Waals surface area (Å²) in [5.74, 6) is 0. The predicted molar refractivity (Wildman–Crippen MR) is 67.3 cm³/mol. The van der Waals surface area contributed by atoms with Crippen LogP contribution in [-0.2, 0) is 6.54 Å². The van der Waals surface area contributed by atoms with Crippen molar-refractivity contribution in [3.63, 3.8) is 0 Å². The molecule has 90 valence electrons. The van der Waals surface area contributed by atoms with Crippen molar-refractivity contribution in [2.24, 2.45) is 0 Å².